The molecule has 0 amide bonds. The van der Waals surface area contributed by atoms with Gasteiger partial charge in [0.2, 0.25) is 0 Å². The van der Waals surface area contributed by atoms with Crippen LogP contribution in [0, 0.1) is 6.92 Å². The molecule has 84 valence electrons. The first-order valence-corrected chi connectivity index (χ1v) is 5.62. The van der Waals surface area contributed by atoms with Crippen LogP contribution in [0.2, 0.25) is 0 Å². The van der Waals surface area contributed by atoms with Crippen molar-refractivity contribution in [3.8, 4) is 0 Å². The highest BCUT2D eigenvalue weighted by atomic mass is 16.5. The molecule has 4 nitrogen and oxygen atoms in total. The standard InChI is InChI=1S/C11H19N3O/c1-9-8-13-11(14(9)5-4-12)10-2-6-15-7-3-10/h8,10H,2-7,12H2,1H3. The van der Waals surface area contributed by atoms with Crippen LogP contribution in [0.5, 0.6) is 0 Å². The summed E-state index contributed by atoms with van der Waals surface area (Å²) >= 11 is 0. The fourth-order valence-corrected chi connectivity index (χ4v) is 2.18. The van der Waals surface area contributed by atoms with Gasteiger partial charge in [-0.1, -0.05) is 0 Å². The largest absolute Gasteiger partial charge is 0.381 e. The van der Waals surface area contributed by atoms with E-state index in [1.807, 2.05) is 6.20 Å². The molecule has 0 aromatic carbocycles. The van der Waals surface area contributed by atoms with Crippen LogP contribution in [0.25, 0.3) is 0 Å². The van der Waals surface area contributed by atoms with Crippen LogP contribution in [-0.4, -0.2) is 29.3 Å². The van der Waals surface area contributed by atoms with Crippen molar-refractivity contribution >= 4 is 0 Å². The summed E-state index contributed by atoms with van der Waals surface area (Å²) in [6.45, 7) is 5.36. The van der Waals surface area contributed by atoms with Crippen molar-refractivity contribution in [1.29, 1.82) is 0 Å². The Labute approximate surface area is 90.4 Å². The SMILES string of the molecule is Cc1cnc(C2CCOCC2)n1CCN. The number of aromatic nitrogens is 2. The molecule has 0 radical (unpaired) electrons. The van der Waals surface area contributed by atoms with Gasteiger partial charge in [0.25, 0.3) is 0 Å². The van der Waals surface area contributed by atoms with Crippen molar-refractivity contribution in [3.05, 3.63) is 17.7 Å². The molecule has 15 heavy (non-hydrogen) atoms. The van der Waals surface area contributed by atoms with Crippen LogP contribution in [0.4, 0.5) is 0 Å². The number of imidazole rings is 1. The highest BCUT2D eigenvalue weighted by Crippen LogP contribution is 2.26. The molecule has 1 aliphatic rings. The van der Waals surface area contributed by atoms with Crippen LogP contribution in [0.1, 0.15) is 30.3 Å². The van der Waals surface area contributed by atoms with Gasteiger partial charge in [-0.25, -0.2) is 4.98 Å². The molecule has 0 atom stereocenters. The van der Waals surface area contributed by atoms with E-state index >= 15 is 0 Å². The van der Waals surface area contributed by atoms with Gasteiger partial charge in [0.15, 0.2) is 0 Å². The second-order valence-corrected chi connectivity index (χ2v) is 4.08. The van der Waals surface area contributed by atoms with Crippen molar-refractivity contribution in [2.75, 3.05) is 19.8 Å². The smallest absolute Gasteiger partial charge is 0.112 e. The summed E-state index contributed by atoms with van der Waals surface area (Å²) in [5.74, 6) is 1.75. The summed E-state index contributed by atoms with van der Waals surface area (Å²) in [7, 11) is 0. The summed E-state index contributed by atoms with van der Waals surface area (Å²) in [4.78, 5) is 4.51. The zero-order chi connectivity index (χ0) is 10.7. The van der Waals surface area contributed by atoms with E-state index in [9.17, 15) is 0 Å². The van der Waals surface area contributed by atoms with Gasteiger partial charge in [-0.2, -0.15) is 0 Å². The minimum atomic E-state index is 0.555. The van der Waals surface area contributed by atoms with Gasteiger partial charge in [-0.3, -0.25) is 0 Å². The zero-order valence-corrected chi connectivity index (χ0v) is 9.28. The topological polar surface area (TPSA) is 53.1 Å². The molecule has 1 fully saturated rings. The van der Waals surface area contributed by atoms with Crippen molar-refractivity contribution in [3.63, 3.8) is 0 Å². The highest BCUT2D eigenvalue weighted by molar-refractivity contribution is 5.08. The van der Waals surface area contributed by atoms with E-state index < -0.39 is 0 Å². The maximum Gasteiger partial charge on any atom is 0.112 e. The van der Waals surface area contributed by atoms with Gasteiger partial charge < -0.3 is 15.0 Å². The van der Waals surface area contributed by atoms with Gasteiger partial charge in [0.05, 0.1) is 0 Å². The average molecular weight is 209 g/mol. The maximum absolute atomic E-state index is 5.61. The lowest BCUT2D eigenvalue weighted by molar-refractivity contribution is 0.0828. The van der Waals surface area contributed by atoms with Gasteiger partial charge in [-0.05, 0) is 19.8 Å². The molecule has 0 unspecified atom stereocenters. The summed E-state index contributed by atoms with van der Waals surface area (Å²) in [6.07, 6.45) is 4.11. The summed E-state index contributed by atoms with van der Waals surface area (Å²) in [5.41, 5.74) is 6.82. The minimum Gasteiger partial charge on any atom is -0.381 e. The molecule has 4 heteroatoms. The van der Waals surface area contributed by atoms with Crippen molar-refractivity contribution in [1.82, 2.24) is 9.55 Å². The van der Waals surface area contributed by atoms with Crippen LogP contribution in [0.3, 0.4) is 0 Å². The Kier molecular flexibility index (Phi) is 3.38. The quantitative estimate of drug-likeness (QED) is 0.809. The first kappa shape index (κ1) is 10.6. The number of rotatable bonds is 3. The fraction of sp³-hybridized carbons (Fsp3) is 0.727. The molecule has 0 spiro atoms. The molecule has 1 aromatic rings. The van der Waals surface area contributed by atoms with Crippen LogP contribution in [0.15, 0.2) is 6.20 Å². The third kappa shape index (κ3) is 2.21. The normalized spacial score (nSPS) is 18.3. The first-order chi connectivity index (χ1) is 7.33. The molecule has 2 heterocycles. The Hall–Kier alpha value is -0.870. The molecule has 2 rings (SSSR count). The first-order valence-electron chi connectivity index (χ1n) is 5.62. The zero-order valence-electron chi connectivity index (χ0n) is 9.28. The van der Waals surface area contributed by atoms with Crippen molar-refractivity contribution in [2.45, 2.75) is 32.2 Å². The monoisotopic (exact) mass is 209 g/mol. The fourth-order valence-electron chi connectivity index (χ4n) is 2.18. The van der Waals surface area contributed by atoms with Gasteiger partial charge in [0, 0.05) is 44.1 Å². The van der Waals surface area contributed by atoms with Crippen molar-refractivity contribution in [2.24, 2.45) is 5.73 Å². The van der Waals surface area contributed by atoms with Crippen LogP contribution < -0.4 is 5.73 Å². The average Bonchev–Trinajstić information content (AvgIpc) is 2.63. The van der Waals surface area contributed by atoms with Gasteiger partial charge in [-0.15, -0.1) is 0 Å². The lowest BCUT2D eigenvalue weighted by Gasteiger charge is -2.22. The van der Waals surface area contributed by atoms with E-state index in [1.165, 1.54) is 11.5 Å². The number of aryl methyl sites for hydroxylation is 1. The third-order valence-corrected chi connectivity index (χ3v) is 3.03. The molecule has 0 saturated carbocycles. The number of nitrogens with two attached hydrogens (primary N) is 1. The maximum atomic E-state index is 5.61. The van der Waals surface area contributed by atoms with E-state index in [0.717, 1.165) is 32.6 Å². The molecular weight excluding hydrogens is 190 g/mol. The number of hydrogen-bond donors (Lipinski definition) is 1. The van der Waals surface area contributed by atoms with E-state index in [4.69, 9.17) is 10.5 Å². The number of hydrogen-bond acceptors (Lipinski definition) is 3. The van der Waals surface area contributed by atoms with E-state index in [0.29, 0.717) is 12.5 Å². The summed E-state index contributed by atoms with van der Waals surface area (Å²) < 4.78 is 7.61. The Morgan fingerprint density at radius 1 is 1.53 bits per heavy atom. The van der Waals surface area contributed by atoms with E-state index in [-0.39, 0.29) is 0 Å². The molecule has 2 N–H and O–H groups in total. The Balaban J connectivity index is 2.18. The van der Waals surface area contributed by atoms with Crippen LogP contribution in [-0.2, 0) is 11.3 Å². The lowest BCUT2D eigenvalue weighted by Crippen LogP contribution is -2.20. The molecule has 0 bridgehead atoms. The third-order valence-electron chi connectivity index (χ3n) is 3.03. The highest BCUT2D eigenvalue weighted by Gasteiger charge is 2.21. The Morgan fingerprint density at radius 3 is 2.93 bits per heavy atom. The molecule has 0 aliphatic carbocycles. The van der Waals surface area contributed by atoms with Crippen molar-refractivity contribution < 1.29 is 4.74 Å². The van der Waals surface area contributed by atoms with Crippen LogP contribution >= 0.6 is 0 Å². The Morgan fingerprint density at radius 2 is 2.27 bits per heavy atom. The lowest BCUT2D eigenvalue weighted by atomic mass is 9.99. The number of nitrogens with zero attached hydrogens (tertiary/aromatic N) is 2. The molecule has 1 saturated heterocycles. The Bertz CT molecular complexity index is 316. The second kappa shape index (κ2) is 4.77. The number of ether oxygens (including phenoxy) is 1. The molecule has 1 aliphatic heterocycles. The molecular formula is C11H19N3O. The van der Waals surface area contributed by atoms with E-state index in [2.05, 4.69) is 16.5 Å². The van der Waals surface area contributed by atoms with Gasteiger partial charge in [0.1, 0.15) is 5.82 Å². The summed E-state index contributed by atoms with van der Waals surface area (Å²) in [6, 6.07) is 0. The predicted molar refractivity (Wildman–Crippen MR) is 58.8 cm³/mol. The minimum absolute atomic E-state index is 0.555. The molecule has 1 aromatic heterocycles. The van der Waals surface area contributed by atoms with E-state index in [1.54, 1.807) is 0 Å². The summed E-state index contributed by atoms with van der Waals surface area (Å²) in [5, 5.41) is 0. The second-order valence-electron chi connectivity index (χ2n) is 4.08. The predicted octanol–water partition coefficient (Wildman–Crippen LogP) is 1.04. The van der Waals surface area contributed by atoms with Gasteiger partial charge >= 0.3 is 0 Å².